The van der Waals surface area contributed by atoms with E-state index in [4.69, 9.17) is 11.5 Å². The summed E-state index contributed by atoms with van der Waals surface area (Å²) >= 11 is 0. The molecule has 1 aliphatic heterocycles. The number of nitrogens with two attached hydrogens (primary N) is 2. The quantitative estimate of drug-likeness (QED) is 0.656. The molecule has 16 heavy (non-hydrogen) atoms. The standard InChI is InChI=1S/C12H25N3O/c1-10-5-8-15(9-10)7-4-3-6-12(2,14)11(13)16/h10H,3-9,14H2,1-2H3,(H2,13,16). The van der Waals surface area contributed by atoms with Gasteiger partial charge in [0.2, 0.25) is 5.91 Å². The highest BCUT2D eigenvalue weighted by molar-refractivity contribution is 5.83. The second-order valence-corrected chi connectivity index (χ2v) is 5.43. The minimum atomic E-state index is -0.835. The van der Waals surface area contributed by atoms with Gasteiger partial charge in [0.1, 0.15) is 0 Å². The summed E-state index contributed by atoms with van der Waals surface area (Å²) in [5.74, 6) is 0.438. The van der Waals surface area contributed by atoms with Gasteiger partial charge >= 0.3 is 0 Å². The van der Waals surface area contributed by atoms with E-state index >= 15 is 0 Å². The van der Waals surface area contributed by atoms with E-state index in [-0.39, 0.29) is 0 Å². The third kappa shape index (κ3) is 4.10. The molecule has 0 bridgehead atoms. The van der Waals surface area contributed by atoms with Crippen LogP contribution in [-0.4, -0.2) is 36.0 Å². The first-order valence-electron chi connectivity index (χ1n) is 6.23. The Labute approximate surface area is 98.3 Å². The number of rotatable bonds is 6. The summed E-state index contributed by atoms with van der Waals surface area (Å²) in [6, 6.07) is 0. The molecule has 0 aliphatic carbocycles. The highest BCUT2D eigenvalue weighted by Crippen LogP contribution is 2.16. The summed E-state index contributed by atoms with van der Waals surface area (Å²) in [5.41, 5.74) is 10.2. The Kier molecular flexibility index (Phi) is 4.74. The van der Waals surface area contributed by atoms with Crippen LogP contribution in [0.15, 0.2) is 0 Å². The number of carbonyl (C=O) groups is 1. The molecule has 1 heterocycles. The van der Waals surface area contributed by atoms with Crippen molar-refractivity contribution in [2.45, 2.75) is 45.1 Å². The topological polar surface area (TPSA) is 72.3 Å². The fourth-order valence-corrected chi connectivity index (χ4v) is 2.18. The van der Waals surface area contributed by atoms with Crippen molar-refractivity contribution in [3.05, 3.63) is 0 Å². The van der Waals surface area contributed by atoms with Gasteiger partial charge in [0.15, 0.2) is 0 Å². The Morgan fingerprint density at radius 3 is 2.69 bits per heavy atom. The SMILES string of the molecule is CC1CCN(CCCCC(C)(N)C(N)=O)C1. The Bertz CT molecular complexity index is 240. The molecule has 0 saturated carbocycles. The van der Waals surface area contributed by atoms with Crippen LogP contribution in [0, 0.1) is 5.92 Å². The second kappa shape index (κ2) is 5.64. The lowest BCUT2D eigenvalue weighted by Crippen LogP contribution is -2.49. The average Bonchev–Trinajstić information content (AvgIpc) is 2.59. The molecule has 0 aromatic rings. The van der Waals surface area contributed by atoms with Crippen molar-refractivity contribution >= 4 is 5.91 Å². The molecule has 4 nitrogen and oxygen atoms in total. The average molecular weight is 227 g/mol. The summed E-state index contributed by atoms with van der Waals surface area (Å²) in [5, 5.41) is 0. The van der Waals surface area contributed by atoms with Crippen molar-refractivity contribution in [3.8, 4) is 0 Å². The first kappa shape index (κ1) is 13.5. The van der Waals surface area contributed by atoms with Crippen LogP contribution < -0.4 is 11.5 Å². The van der Waals surface area contributed by atoms with Gasteiger partial charge in [-0.05, 0) is 51.6 Å². The monoisotopic (exact) mass is 227 g/mol. The van der Waals surface area contributed by atoms with Gasteiger partial charge in [0.25, 0.3) is 0 Å². The normalized spacial score (nSPS) is 25.6. The zero-order valence-electron chi connectivity index (χ0n) is 10.5. The summed E-state index contributed by atoms with van der Waals surface area (Å²) < 4.78 is 0. The summed E-state index contributed by atoms with van der Waals surface area (Å²) in [6.45, 7) is 7.57. The van der Waals surface area contributed by atoms with Crippen LogP contribution in [0.5, 0.6) is 0 Å². The molecular weight excluding hydrogens is 202 g/mol. The van der Waals surface area contributed by atoms with E-state index in [1.807, 2.05) is 0 Å². The molecule has 1 fully saturated rings. The molecule has 4 N–H and O–H groups in total. The minimum Gasteiger partial charge on any atom is -0.368 e. The van der Waals surface area contributed by atoms with E-state index < -0.39 is 11.4 Å². The molecule has 94 valence electrons. The van der Waals surface area contributed by atoms with Crippen molar-refractivity contribution in [1.82, 2.24) is 4.90 Å². The molecule has 1 rings (SSSR count). The van der Waals surface area contributed by atoms with Crippen LogP contribution in [-0.2, 0) is 4.79 Å². The third-order valence-corrected chi connectivity index (χ3v) is 3.49. The number of unbranched alkanes of at least 4 members (excludes halogenated alkanes) is 1. The molecule has 0 spiro atoms. The van der Waals surface area contributed by atoms with Crippen molar-refractivity contribution in [2.75, 3.05) is 19.6 Å². The molecular formula is C12H25N3O. The van der Waals surface area contributed by atoms with E-state index in [1.165, 1.54) is 19.5 Å². The fourth-order valence-electron chi connectivity index (χ4n) is 2.18. The summed E-state index contributed by atoms with van der Waals surface area (Å²) in [7, 11) is 0. The number of hydrogen-bond acceptors (Lipinski definition) is 3. The van der Waals surface area contributed by atoms with E-state index in [1.54, 1.807) is 6.92 Å². The van der Waals surface area contributed by atoms with Gasteiger partial charge in [0, 0.05) is 6.54 Å². The maximum atomic E-state index is 11.0. The van der Waals surface area contributed by atoms with E-state index in [0.717, 1.165) is 25.3 Å². The zero-order valence-corrected chi connectivity index (χ0v) is 10.5. The maximum Gasteiger partial charge on any atom is 0.237 e. The lowest BCUT2D eigenvalue weighted by atomic mass is 9.95. The predicted octanol–water partition coefficient (Wildman–Crippen LogP) is 0.701. The highest BCUT2D eigenvalue weighted by atomic mass is 16.1. The van der Waals surface area contributed by atoms with Crippen LogP contribution in [0.25, 0.3) is 0 Å². The number of carbonyl (C=O) groups excluding carboxylic acids is 1. The van der Waals surface area contributed by atoms with Crippen molar-refractivity contribution in [3.63, 3.8) is 0 Å². The molecule has 2 unspecified atom stereocenters. The number of nitrogens with zero attached hydrogens (tertiary/aromatic N) is 1. The van der Waals surface area contributed by atoms with Gasteiger partial charge in [-0.1, -0.05) is 6.92 Å². The molecule has 1 amide bonds. The van der Waals surface area contributed by atoms with Gasteiger partial charge in [0.05, 0.1) is 5.54 Å². The van der Waals surface area contributed by atoms with Crippen LogP contribution in [0.4, 0.5) is 0 Å². The Hall–Kier alpha value is -0.610. The third-order valence-electron chi connectivity index (χ3n) is 3.49. The van der Waals surface area contributed by atoms with Crippen molar-refractivity contribution in [2.24, 2.45) is 17.4 Å². The van der Waals surface area contributed by atoms with Gasteiger partial charge in [-0.3, -0.25) is 4.79 Å². The number of primary amides is 1. The van der Waals surface area contributed by atoms with E-state index in [2.05, 4.69) is 11.8 Å². The molecule has 1 saturated heterocycles. The minimum absolute atomic E-state index is 0.401. The lowest BCUT2D eigenvalue weighted by Gasteiger charge is -2.21. The van der Waals surface area contributed by atoms with Crippen molar-refractivity contribution < 1.29 is 4.79 Å². The number of likely N-dealkylation sites (tertiary alicyclic amines) is 1. The van der Waals surface area contributed by atoms with Gasteiger partial charge in [-0.15, -0.1) is 0 Å². The first-order chi connectivity index (χ1) is 7.42. The molecule has 0 aromatic heterocycles. The maximum absolute atomic E-state index is 11.0. The van der Waals surface area contributed by atoms with Crippen molar-refractivity contribution in [1.29, 1.82) is 0 Å². The van der Waals surface area contributed by atoms with Crippen LogP contribution in [0.2, 0.25) is 0 Å². The van der Waals surface area contributed by atoms with Gasteiger partial charge in [-0.25, -0.2) is 0 Å². The van der Waals surface area contributed by atoms with Crippen LogP contribution in [0.3, 0.4) is 0 Å². The summed E-state index contributed by atoms with van der Waals surface area (Å²) in [4.78, 5) is 13.5. The largest absolute Gasteiger partial charge is 0.368 e. The van der Waals surface area contributed by atoms with Crippen LogP contribution >= 0.6 is 0 Å². The van der Waals surface area contributed by atoms with Gasteiger partial charge < -0.3 is 16.4 Å². The molecule has 2 atom stereocenters. The smallest absolute Gasteiger partial charge is 0.237 e. The van der Waals surface area contributed by atoms with E-state index in [9.17, 15) is 4.79 Å². The lowest BCUT2D eigenvalue weighted by molar-refractivity contribution is -0.122. The second-order valence-electron chi connectivity index (χ2n) is 5.43. The first-order valence-corrected chi connectivity index (χ1v) is 6.23. The molecule has 4 heteroatoms. The highest BCUT2D eigenvalue weighted by Gasteiger charge is 2.25. The zero-order chi connectivity index (χ0) is 12.2. The summed E-state index contributed by atoms with van der Waals surface area (Å²) in [6.07, 6.45) is 4.08. The van der Waals surface area contributed by atoms with Crippen LogP contribution in [0.1, 0.15) is 39.5 Å². The molecule has 0 radical (unpaired) electrons. The molecule has 1 aliphatic rings. The Balaban J connectivity index is 2.10. The molecule has 0 aromatic carbocycles. The number of hydrogen-bond donors (Lipinski definition) is 2. The van der Waals surface area contributed by atoms with Gasteiger partial charge in [-0.2, -0.15) is 0 Å². The Morgan fingerprint density at radius 2 is 2.19 bits per heavy atom. The fraction of sp³-hybridized carbons (Fsp3) is 0.917. The Morgan fingerprint density at radius 1 is 1.50 bits per heavy atom. The predicted molar refractivity (Wildman–Crippen MR) is 65.9 cm³/mol. The van der Waals surface area contributed by atoms with E-state index in [0.29, 0.717) is 6.42 Å². The number of amides is 1.